The van der Waals surface area contributed by atoms with Gasteiger partial charge in [0.25, 0.3) is 0 Å². The molecule has 0 aliphatic carbocycles. The standard InChI is InChI=1S/C31H35N5O3S/c1-20(37)34-28(17-21-10-11-22-6-2-3-7-23(22)16-21)36-29(38)26(35-30(39)31(32)12-14-33-15-13-31)18-24-19-40-27-9-5-4-8-25(24)27/h2-11,16,19,26,28,33H,12-15,17-18,32H2,1H3,(H,34,37)(H,35,39)(H,36,38)/t26-,28-/m1/s1. The van der Waals surface area contributed by atoms with E-state index in [0.29, 0.717) is 38.8 Å². The van der Waals surface area contributed by atoms with Crippen LogP contribution < -0.4 is 27.0 Å². The third-order valence-electron chi connectivity index (χ3n) is 7.50. The van der Waals surface area contributed by atoms with Gasteiger partial charge in [-0.3, -0.25) is 14.4 Å². The zero-order chi connectivity index (χ0) is 28.1. The van der Waals surface area contributed by atoms with Gasteiger partial charge in [0.15, 0.2) is 0 Å². The summed E-state index contributed by atoms with van der Waals surface area (Å²) in [6.07, 6.45) is 1.02. The number of carbonyl (C=O) groups is 3. The Kier molecular flexibility index (Phi) is 8.44. The zero-order valence-corrected chi connectivity index (χ0v) is 23.4. The van der Waals surface area contributed by atoms with E-state index >= 15 is 0 Å². The van der Waals surface area contributed by atoms with Crippen LogP contribution in [0.4, 0.5) is 0 Å². The Balaban J connectivity index is 1.38. The summed E-state index contributed by atoms with van der Waals surface area (Å²) in [7, 11) is 0. The van der Waals surface area contributed by atoms with Crippen LogP contribution in [0.5, 0.6) is 0 Å². The first-order valence-electron chi connectivity index (χ1n) is 13.6. The maximum atomic E-state index is 13.8. The molecule has 2 heterocycles. The van der Waals surface area contributed by atoms with Gasteiger partial charge in [0.05, 0.1) is 5.54 Å². The van der Waals surface area contributed by atoms with Gasteiger partial charge in [-0.1, -0.05) is 60.7 Å². The van der Waals surface area contributed by atoms with Crippen LogP contribution in [0.3, 0.4) is 0 Å². The van der Waals surface area contributed by atoms with E-state index in [-0.39, 0.29) is 17.7 Å². The summed E-state index contributed by atoms with van der Waals surface area (Å²) >= 11 is 1.60. The number of amides is 3. The summed E-state index contributed by atoms with van der Waals surface area (Å²) < 4.78 is 1.11. The highest BCUT2D eigenvalue weighted by atomic mass is 32.1. The maximum Gasteiger partial charge on any atom is 0.244 e. The van der Waals surface area contributed by atoms with Crippen molar-refractivity contribution in [3.8, 4) is 0 Å². The van der Waals surface area contributed by atoms with Crippen molar-refractivity contribution >= 4 is 49.9 Å². The summed E-state index contributed by atoms with van der Waals surface area (Å²) in [6.45, 7) is 2.71. The molecule has 1 fully saturated rings. The van der Waals surface area contributed by atoms with E-state index in [0.717, 1.165) is 32.0 Å². The van der Waals surface area contributed by atoms with E-state index in [9.17, 15) is 14.4 Å². The number of hydrogen-bond acceptors (Lipinski definition) is 6. The number of hydrogen-bond donors (Lipinski definition) is 5. The molecule has 4 aromatic rings. The van der Waals surface area contributed by atoms with Crippen LogP contribution in [0.2, 0.25) is 0 Å². The molecule has 9 heteroatoms. The van der Waals surface area contributed by atoms with E-state index in [1.807, 2.05) is 66.0 Å². The minimum absolute atomic E-state index is 0.258. The van der Waals surface area contributed by atoms with Crippen molar-refractivity contribution in [2.24, 2.45) is 5.73 Å². The lowest BCUT2D eigenvalue weighted by Gasteiger charge is -2.34. The lowest BCUT2D eigenvalue weighted by molar-refractivity contribution is -0.133. The molecular formula is C31H35N5O3S. The minimum atomic E-state index is -1.04. The quantitative estimate of drug-likeness (QED) is 0.202. The van der Waals surface area contributed by atoms with Crippen molar-refractivity contribution in [3.63, 3.8) is 0 Å². The fourth-order valence-electron chi connectivity index (χ4n) is 5.28. The molecule has 6 N–H and O–H groups in total. The number of nitrogens with one attached hydrogen (secondary N) is 4. The second-order valence-corrected chi connectivity index (χ2v) is 11.5. The van der Waals surface area contributed by atoms with E-state index in [1.165, 1.54) is 6.92 Å². The molecule has 8 nitrogen and oxygen atoms in total. The number of fused-ring (bicyclic) bond motifs is 2. The average molecular weight is 558 g/mol. The molecule has 40 heavy (non-hydrogen) atoms. The minimum Gasteiger partial charge on any atom is -0.342 e. The molecule has 2 atom stereocenters. The van der Waals surface area contributed by atoms with Gasteiger partial charge in [0.1, 0.15) is 12.2 Å². The topological polar surface area (TPSA) is 125 Å². The highest BCUT2D eigenvalue weighted by molar-refractivity contribution is 7.17. The van der Waals surface area contributed by atoms with Crippen molar-refractivity contribution in [2.75, 3.05) is 13.1 Å². The first-order chi connectivity index (χ1) is 19.3. The highest BCUT2D eigenvalue weighted by Crippen LogP contribution is 2.27. The van der Waals surface area contributed by atoms with Gasteiger partial charge in [-0.2, -0.15) is 0 Å². The van der Waals surface area contributed by atoms with Crippen molar-refractivity contribution in [3.05, 3.63) is 83.2 Å². The third kappa shape index (κ3) is 6.50. The lowest BCUT2D eigenvalue weighted by atomic mass is 9.88. The molecule has 3 aromatic carbocycles. The highest BCUT2D eigenvalue weighted by Gasteiger charge is 2.37. The average Bonchev–Trinajstić information content (AvgIpc) is 3.35. The lowest BCUT2D eigenvalue weighted by Crippen LogP contribution is -2.63. The van der Waals surface area contributed by atoms with Crippen molar-refractivity contribution in [1.82, 2.24) is 21.3 Å². The van der Waals surface area contributed by atoms with Crippen LogP contribution in [0.25, 0.3) is 20.9 Å². The van der Waals surface area contributed by atoms with Crippen LogP contribution in [0.15, 0.2) is 72.1 Å². The molecule has 1 aliphatic heterocycles. The second kappa shape index (κ2) is 12.2. The van der Waals surface area contributed by atoms with Gasteiger partial charge in [-0.05, 0) is 64.7 Å². The molecule has 1 aliphatic rings. The van der Waals surface area contributed by atoms with Crippen LogP contribution in [-0.4, -0.2) is 48.6 Å². The summed E-state index contributed by atoms with van der Waals surface area (Å²) in [4.78, 5) is 39.3. The van der Waals surface area contributed by atoms with Crippen molar-refractivity contribution in [1.29, 1.82) is 0 Å². The predicted octanol–water partition coefficient (Wildman–Crippen LogP) is 2.98. The summed E-state index contributed by atoms with van der Waals surface area (Å²) in [5.74, 6) is -0.967. The van der Waals surface area contributed by atoms with E-state index in [4.69, 9.17) is 5.73 Å². The Morgan fingerprint density at radius 3 is 2.42 bits per heavy atom. The van der Waals surface area contributed by atoms with Gasteiger partial charge in [0, 0.05) is 24.5 Å². The van der Waals surface area contributed by atoms with Crippen molar-refractivity contribution < 1.29 is 14.4 Å². The number of benzene rings is 3. The molecule has 208 valence electrons. The first kappa shape index (κ1) is 27.8. The van der Waals surface area contributed by atoms with E-state index in [2.05, 4.69) is 27.3 Å². The van der Waals surface area contributed by atoms with E-state index in [1.54, 1.807) is 11.3 Å². The van der Waals surface area contributed by atoms with Crippen LogP contribution in [0.1, 0.15) is 30.9 Å². The second-order valence-electron chi connectivity index (χ2n) is 10.5. The molecule has 0 radical (unpaired) electrons. The van der Waals surface area contributed by atoms with Crippen LogP contribution in [0, 0.1) is 0 Å². The summed E-state index contributed by atoms with van der Waals surface area (Å²) in [6, 6.07) is 21.3. The van der Waals surface area contributed by atoms with Gasteiger partial charge in [0.2, 0.25) is 17.7 Å². The van der Waals surface area contributed by atoms with Gasteiger partial charge >= 0.3 is 0 Å². The van der Waals surface area contributed by atoms with Crippen LogP contribution in [-0.2, 0) is 27.2 Å². The van der Waals surface area contributed by atoms with Crippen LogP contribution >= 0.6 is 11.3 Å². The predicted molar refractivity (Wildman–Crippen MR) is 160 cm³/mol. The molecule has 0 saturated carbocycles. The number of thiophene rings is 1. The number of nitrogens with two attached hydrogens (primary N) is 1. The maximum absolute atomic E-state index is 13.8. The van der Waals surface area contributed by atoms with E-state index < -0.39 is 17.7 Å². The summed E-state index contributed by atoms with van der Waals surface area (Å²) in [5, 5.41) is 17.3. The number of piperidine rings is 1. The zero-order valence-electron chi connectivity index (χ0n) is 22.5. The number of rotatable bonds is 9. The largest absolute Gasteiger partial charge is 0.342 e. The SMILES string of the molecule is CC(=O)N[C@@H](Cc1ccc2ccccc2c1)NC(=O)[C@@H](Cc1csc2ccccc12)NC(=O)C1(N)CCNCC1. The molecule has 1 aromatic heterocycles. The Hall–Kier alpha value is -3.79. The van der Waals surface area contributed by atoms with Gasteiger partial charge in [-0.25, -0.2) is 0 Å². The fraction of sp³-hybridized carbons (Fsp3) is 0.323. The third-order valence-corrected chi connectivity index (χ3v) is 8.51. The fourth-order valence-corrected chi connectivity index (χ4v) is 6.25. The normalized spacial score (nSPS) is 16.2. The molecule has 5 rings (SSSR count). The number of carbonyl (C=O) groups excluding carboxylic acids is 3. The van der Waals surface area contributed by atoms with Crippen molar-refractivity contribution in [2.45, 2.75) is 50.4 Å². The smallest absolute Gasteiger partial charge is 0.244 e. The Morgan fingerprint density at radius 2 is 1.65 bits per heavy atom. The monoisotopic (exact) mass is 557 g/mol. The Bertz CT molecular complexity index is 1530. The molecule has 0 spiro atoms. The molecule has 1 saturated heterocycles. The van der Waals surface area contributed by atoms with Gasteiger partial charge in [-0.15, -0.1) is 11.3 Å². The molecule has 3 amide bonds. The van der Waals surface area contributed by atoms with Gasteiger partial charge < -0.3 is 27.0 Å². The molecule has 0 bridgehead atoms. The molecular weight excluding hydrogens is 522 g/mol. The summed E-state index contributed by atoms with van der Waals surface area (Å²) in [5.41, 5.74) is 7.40. The first-order valence-corrected chi connectivity index (χ1v) is 14.5. The Labute approximate surface area is 237 Å². The Morgan fingerprint density at radius 1 is 0.925 bits per heavy atom. The molecule has 0 unspecified atom stereocenters.